The fraction of sp³-hybridized carbons (Fsp3) is 0.333. The first kappa shape index (κ1) is 11.0. The van der Waals surface area contributed by atoms with Gasteiger partial charge in [-0.3, -0.25) is 4.90 Å². The SMILES string of the molecule is C=CCN(C)Cc1ccccc1CN. The fourth-order valence-corrected chi connectivity index (χ4v) is 1.49. The van der Waals surface area contributed by atoms with Crippen LogP contribution in [0.3, 0.4) is 0 Å². The molecule has 0 radical (unpaired) electrons. The standard InChI is InChI=1S/C12H18N2/c1-3-8-14(2)10-12-7-5-4-6-11(12)9-13/h3-7H,1,8-10,13H2,2H3. The van der Waals surface area contributed by atoms with E-state index in [0.29, 0.717) is 6.54 Å². The van der Waals surface area contributed by atoms with Crippen molar-refractivity contribution in [1.82, 2.24) is 4.90 Å². The van der Waals surface area contributed by atoms with Crippen LogP contribution < -0.4 is 5.73 Å². The highest BCUT2D eigenvalue weighted by atomic mass is 15.1. The minimum absolute atomic E-state index is 0.609. The van der Waals surface area contributed by atoms with Gasteiger partial charge >= 0.3 is 0 Å². The van der Waals surface area contributed by atoms with E-state index in [-0.39, 0.29) is 0 Å². The Balaban J connectivity index is 2.69. The first-order valence-electron chi connectivity index (χ1n) is 4.84. The Kier molecular flexibility index (Phi) is 4.36. The maximum absolute atomic E-state index is 5.66. The highest BCUT2D eigenvalue weighted by Gasteiger charge is 2.02. The van der Waals surface area contributed by atoms with E-state index in [2.05, 4.69) is 36.7 Å². The Morgan fingerprint density at radius 1 is 1.36 bits per heavy atom. The van der Waals surface area contributed by atoms with Gasteiger partial charge in [-0.1, -0.05) is 30.3 Å². The summed E-state index contributed by atoms with van der Waals surface area (Å²) in [6, 6.07) is 8.29. The van der Waals surface area contributed by atoms with Crippen LogP contribution in [0.4, 0.5) is 0 Å². The zero-order valence-electron chi connectivity index (χ0n) is 8.74. The van der Waals surface area contributed by atoms with Crippen LogP contribution in [-0.2, 0) is 13.1 Å². The molecule has 2 nitrogen and oxygen atoms in total. The molecule has 76 valence electrons. The molecule has 0 heterocycles. The Labute approximate surface area is 86.0 Å². The summed E-state index contributed by atoms with van der Waals surface area (Å²) in [5.74, 6) is 0. The van der Waals surface area contributed by atoms with Crippen molar-refractivity contribution in [1.29, 1.82) is 0 Å². The van der Waals surface area contributed by atoms with Crippen LogP contribution in [0.2, 0.25) is 0 Å². The summed E-state index contributed by atoms with van der Waals surface area (Å²) in [7, 11) is 2.08. The molecule has 0 aromatic heterocycles. The lowest BCUT2D eigenvalue weighted by Gasteiger charge is -2.16. The minimum atomic E-state index is 0.609. The van der Waals surface area contributed by atoms with E-state index in [4.69, 9.17) is 5.73 Å². The van der Waals surface area contributed by atoms with Gasteiger partial charge in [0.25, 0.3) is 0 Å². The van der Waals surface area contributed by atoms with Crippen LogP contribution in [0, 0.1) is 0 Å². The summed E-state index contributed by atoms with van der Waals surface area (Å²) in [5, 5.41) is 0. The molecule has 0 aliphatic carbocycles. The zero-order chi connectivity index (χ0) is 10.4. The monoisotopic (exact) mass is 190 g/mol. The largest absolute Gasteiger partial charge is 0.326 e. The number of likely N-dealkylation sites (N-methyl/N-ethyl adjacent to an activating group) is 1. The van der Waals surface area contributed by atoms with E-state index in [1.165, 1.54) is 11.1 Å². The summed E-state index contributed by atoms with van der Waals surface area (Å²) < 4.78 is 0. The molecule has 0 aliphatic heterocycles. The molecule has 2 heteroatoms. The van der Waals surface area contributed by atoms with Gasteiger partial charge in [-0.2, -0.15) is 0 Å². The van der Waals surface area contributed by atoms with Crippen molar-refractivity contribution in [2.24, 2.45) is 5.73 Å². The number of hydrogen-bond acceptors (Lipinski definition) is 2. The first-order chi connectivity index (χ1) is 6.77. The van der Waals surface area contributed by atoms with Gasteiger partial charge in [0.2, 0.25) is 0 Å². The van der Waals surface area contributed by atoms with Crippen LogP contribution in [0.15, 0.2) is 36.9 Å². The van der Waals surface area contributed by atoms with Gasteiger partial charge in [0.15, 0.2) is 0 Å². The highest BCUT2D eigenvalue weighted by Crippen LogP contribution is 2.09. The van der Waals surface area contributed by atoms with Gasteiger partial charge in [0.1, 0.15) is 0 Å². The molecule has 0 bridgehead atoms. The molecule has 0 aliphatic rings. The Morgan fingerprint density at radius 3 is 2.57 bits per heavy atom. The van der Waals surface area contributed by atoms with Crippen LogP contribution in [0.25, 0.3) is 0 Å². The molecule has 2 N–H and O–H groups in total. The molecule has 0 atom stereocenters. The van der Waals surface area contributed by atoms with Crippen molar-refractivity contribution in [3.8, 4) is 0 Å². The molecule has 0 saturated carbocycles. The Hall–Kier alpha value is -1.12. The molecule has 14 heavy (non-hydrogen) atoms. The number of benzene rings is 1. The predicted molar refractivity (Wildman–Crippen MR) is 60.9 cm³/mol. The molecular formula is C12H18N2. The average molecular weight is 190 g/mol. The number of nitrogens with zero attached hydrogens (tertiary/aromatic N) is 1. The van der Waals surface area contributed by atoms with Crippen molar-refractivity contribution in [3.05, 3.63) is 48.0 Å². The summed E-state index contributed by atoms with van der Waals surface area (Å²) in [5.41, 5.74) is 8.19. The van der Waals surface area contributed by atoms with Gasteiger partial charge < -0.3 is 5.73 Å². The molecule has 0 spiro atoms. The maximum atomic E-state index is 5.66. The molecule has 0 saturated heterocycles. The molecule has 0 fully saturated rings. The number of hydrogen-bond donors (Lipinski definition) is 1. The second-order valence-corrected chi connectivity index (χ2v) is 3.46. The van der Waals surface area contributed by atoms with Gasteiger partial charge in [-0.05, 0) is 18.2 Å². The second-order valence-electron chi connectivity index (χ2n) is 3.46. The van der Waals surface area contributed by atoms with Crippen molar-refractivity contribution in [2.45, 2.75) is 13.1 Å². The third kappa shape index (κ3) is 2.98. The quantitative estimate of drug-likeness (QED) is 0.717. The van der Waals surface area contributed by atoms with Crippen molar-refractivity contribution >= 4 is 0 Å². The highest BCUT2D eigenvalue weighted by molar-refractivity contribution is 5.26. The lowest BCUT2D eigenvalue weighted by molar-refractivity contribution is 0.362. The second kappa shape index (κ2) is 5.58. The van der Waals surface area contributed by atoms with E-state index in [1.54, 1.807) is 0 Å². The fourth-order valence-electron chi connectivity index (χ4n) is 1.49. The van der Waals surface area contributed by atoms with E-state index in [9.17, 15) is 0 Å². The van der Waals surface area contributed by atoms with Crippen molar-refractivity contribution in [2.75, 3.05) is 13.6 Å². The number of nitrogens with two attached hydrogens (primary N) is 1. The summed E-state index contributed by atoms with van der Waals surface area (Å²) in [6.45, 7) is 6.16. The first-order valence-corrected chi connectivity index (χ1v) is 4.84. The maximum Gasteiger partial charge on any atom is 0.0237 e. The molecule has 1 aromatic carbocycles. The normalized spacial score (nSPS) is 10.5. The zero-order valence-corrected chi connectivity index (χ0v) is 8.74. The smallest absolute Gasteiger partial charge is 0.0237 e. The lowest BCUT2D eigenvalue weighted by atomic mass is 10.1. The van der Waals surface area contributed by atoms with E-state index in [0.717, 1.165) is 13.1 Å². The molecular weight excluding hydrogens is 172 g/mol. The van der Waals surface area contributed by atoms with Gasteiger partial charge in [0, 0.05) is 19.6 Å². The molecule has 1 rings (SSSR count). The van der Waals surface area contributed by atoms with Gasteiger partial charge in [0.05, 0.1) is 0 Å². The summed E-state index contributed by atoms with van der Waals surface area (Å²) in [4.78, 5) is 2.21. The van der Waals surface area contributed by atoms with E-state index < -0.39 is 0 Å². The number of rotatable bonds is 5. The summed E-state index contributed by atoms with van der Waals surface area (Å²) >= 11 is 0. The topological polar surface area (TPSA) is 29.3 Å². The molecule has 0 unspecified atom stereocenters. The van der Waals surface area contributed by atoms with Crippen LogP contribution in [0.5, 0.6) is 0 Å². The van der Waals surface area contributed by atoms with E-state index >= 15 is 0 Å². The minimum Gasteiger partial charge on any atom is -0.326 e. The van der Waals surface area contributed by atoms with Gasteiger partial charge in [-0.15, -0.1) is 6.58 Å². The van der Waals surface area contributed by atoms with Crippen LogP contribution in [0.1, 0.15) is 11.1 Å². The molecule has 0 amide bonds. The van der Waals surface area contributed by atoms with Crippen LogP contribution >= 0.6 is 0 Å². The van der Waals surface area contributed by atoms with Crippen molar-refractivity contribution in [3.63, 3.8) is 0 Å². The average Bonchev–Trinajstić information content (AvgIpc) is 2.19. The van der Waals surface area contributed by atoms with Gasteiger partial charge in [-0.25, -0.2) is 0 Å². The third-order valence-corrected chi connectivity index (χ3v) is 2.22. The van der Waals surface area contributed by atoms with E-state index in [1.807, 2.05) is 12.1 Å². The summed E-state index contributed by atoms with van der Waals surface area (Å²) in [6.07, 6.45) is 1.91. The third-order valence-electron chi connectivity index (χ3n) is 2.22. The van der Waals surface area contributed by atoms with Crippen LogP contribution in [-0.4, -0.2) is 18.5 Å². The lowest BCUT2D eigenvalue weighted by Crippen LogP contribution is -2.18. The van der Waals surface area contributed by atoms with Crippen molar-refractivity contribution < 1.29 is 0 Å². The predicted octanol–water partition coefficient (Wildman–Crippen LogP) is 1.76. The Bertz CT molecular complexity index is 294. The Morgan fingerprint density at radius 2 is 2.00 bits per heavy atom. The molecule has 1 aromatic rings.